The second kappa shape index (κ2) is 4.27. The van der Waals surface area contributed by atoms with Crippen LogP contribution >= 0.6 is 0 Å². The molecule has 0 amide bonds. The predicted octanol–water partition coefficient (Wildman–Crippen LogP) is 2.83. The Balaban J connectivity index is 2.37. The van der Waals surface area contributed by atoms with Crippen LogP contribution in [0.4, 0.5) is 0 Å². The quantitative estimate of drug-likeness (QED) is 0.757. The van der Waals surface area contributed by atoms with Crippen LogP contribution in [0, 0.1) is 18.3 Å². The number of benzene rings is 1. The molecule has 84 valence electrons. The zero-order valence-electron chi connectivity index (χ0n) is 10.0. The van der Waals surface area contributed by atoms with Gasteiger partial charge in [0, 0.05) is 0 Å². The van der Waals surface area contributed by atoms with Crippen LogP contribution in [0.5, 0.6) is 0 Å². The summed E-state index contributed by atoms with van der Waals surface area (Å²) in [5.74, 6) is 0. The van der Waals surface area contributed by atoms with Gasteiger partial charge in [0.05, 0.1) is 6.07 Å². The van der Waals surface area contributed by atoms with Crippen molar-refractivity contribution in [3.63, 3.8) is 0 Å². The average Bonchev–Trinajstić information content (AvgIpc) is 2.82. The minimum Gasteiger partial charge on any atom is -0.282 e. The second-order valence-corrected chi connectivity index (χ2v) is 4.75. The van der Waals surface area contributed by atoms with Crippen molar-refractivity contribution in [2.24, 2.45) is 0 Å². The molecule has 0 N–H and O–H groups in total. The molecular formula is C14H18N2. The van der Waals surface area contributed by atoms with Crippen molar-refractivity contribution in [3.8, 4) is 6.07 Å². The van der Waals surface area contributed by atoms with Gasteiger partial charge in [0.25, 0.3) is 0 Å². The molecule has 1 aliphatic rings. The maximum atomic E-state index is 9.50. The van der Waals surface area contributed by atoms with Crippen LogP contribution in [0.1, 0.15) is 30.9 Å². The van der Waals surface area contributed by atoms with E-state index in [9.17, 15) is 5.26 Å². The van der Waals surface area contributed by atoms with Crippen LogP contribution in [-0.4, -0.2) is 18.0 Å². The molecule has 1 aromatic carbocycles. The van der Waals surface area contributed by atoms with Crippen molar-refractivity contribution >= 4 is 0 Å². The molecule has 0 saturated carbocycles. The Bertz CT molecular complexity index is 413. The van der Waals surface area contributed by atoms with Gasteiger partial charge in [0.2, 0.25) is 0 Å². The lowest BCUT2D eigenvalue weighted by atomic mass is 9.91. The Hall–Kier alpha value is -1.33. The van der Waals surface area contributed by atoms with Crippen LogP contribution in [0.2, 0.25) is 0 Å². The van der Waals surface area contributed by atoms with Gasteiger partial charge in [-0.05, 0) is 45.3 Å². The molecular weight excluding hydrogens is 196 g/mol. The number of hydrogen-bond acceptors (Lipinski definition) is 2. The fourth-order valence-electron chi connectivity index (χ4n) is 2.43. The van der Waals surface area contributed by atoms with E-state index in [1.807, 2.05) is 13.0 Å². The first-order valence-corrected chi connectivity index (χ1v) is 5.90. The molecule has 0 aromatic heterocycles. The number of likely N-dealkylation sites (tertiary alicyclic amines) is 1. The van der Waals surface area contributed by atoms with E-state index in [0.29, 0.717) is 0 Å². The maximum absolute atomic E-state index is 9.50. The molecule has 0 radical (unpaired) electrons. The topological polar surface area (TPSA) is 27.0 Å². The molecule has 1 saturated heterocycles. The van der Waals surface area contributed by atoms with Gasteiger partial charge < -0.3 is 0 Å². The number of aryl methyl sites for hydroxylation is 1. The summed E-state index contributed by atoms with van der Waals surface area (Å²) in [6, 6.07) is 10.8. The van der Waals surface area contributed by atoms with E-state index in [2.05, 4.69) is 36.1 Å². The fraction of sp³-hybridized carbons (Fsp3) is 0.500. The van der Waals surface area contributed by atoms with E-state index in [1.54, 1.807) is 0 Å². The summed E-state index contributed by atoms with van der Waals surface area (Å²) in [5, 5.41) is 9.50. The summed E-state index contributed by atoms with van der Waals surface area (Å²) < 4.78 is 0. The van der Waals surface area contributed by atoms with Crippen LogP contribution < -0.4 is 0 Å². The highest BCUT2D eigenvalue weighted by atomic mass is 15.2. The summed E-state index contributed by atoms with van der Waals surface area (Å²) in [6.07, 6.45) is 2.42. The summed E-state index contributed by atoms with van der Waals surface area (Å²) in [6.45, 7) is 6.19. The molecule has 2 nitrogen and oxygen atoms in total. The average molecular weight is 214 g/mol. The molecule has 16 heavy (non-hydrogen) atoms. The lowest BCUT2D eigenvalue weighted by molar-refractivity contribution is 0.193. The molecule has 2 rings (SSSR count). The normalized spacial score (nSPS) is 20.3. The highest BCUT2D eigenvalue weighted by Gasteiger charge is 2.35. The number of nitriles is 1. The Kier molecular flexibility index (Phi) is 2.98. The molecule has 1 aliphatic heterocycles. The highest BCUT2D eigenvalue weighted by molar-refractivity contribution is 5.33. The molecule has 1 unspecified atom stereocenters. The lowest BCUT2D eigenvalue weighted by Crippen LogP contribution is -2.40. The van der Waals surface area contributed by atoms with Crippen molar-refractivity contribution in [2.75, 3.05) is 13.1 Å². The van der Waals surface area contributed by atoms with E-state index < -0.39 is 5.54 Å². The predicted molar refractivity (Wildman–Crippen MR) is 65.0 cm³/mol. The van der Waals surface area contributed by atoms with Gasteiger partial charge in [0.15, 0.2) is 0 Å². The Labute approximate surface area is 97.5 Å². The van der Waals surface area contributed by atoms with Crippen molar-refractivity contribution in [1.82, 2.24) is 4.90 Å². The van der Waals surface area contributed by atoms with E-state index in [-0.39, 0.29) is 0 Å². The number of hydrogen-bond donors (Lipinski definition) is 0. The second-order valence-electron chi connectivity index (χ2n) is 4.75. The molecule has 1 aromatic rings. The summed E-state index contributed by atoms with van der Waals surface area (Å²) in [5.41, 5.74) is 1.89. The Morgan fingerprint density at radius 2 is 2.00 bits per heavy atom. The summed E-state index contributed by atoms with van der Waals surface area (Å²) in [4.78, 5) is 2.29. The smallest absolute Gasteiger partial charge is 0.131 e. The summed E-state index contributed by atoms with van der Waals surface area (Å²) >= 11 is 0. The van der Waals surface area contributed by atoms with Crippen molar-refractivity contribution in [1.29, 1.82) is 5.26 Å². The minimum atomic E-state index is -0.456. The van der Waals surface area contributed by atoms with Gasteiger partial charge in [-0.2, -0.15) is 5.26 Å². The SMILES string of the molecule is Cc1cccc(C(C)(C#N)N2CCCC2)c1. The third-order valence-electron chi connectivity index (χ3n) is 3.54. The number of nitrogens with zero attached hydrogens (tertiary/aromatic N) is 2. The molecule has 2 heteroatoms. The first-order chi connectivity index (χ1) is 7.66. The Morgan fingerprint density at radius 1 is 1.31 bits per heavy atom. The fourth-order valence-corrected chi connectivity index (χ4v) is 2.43. The summed E-state index contributed by atoms with van der Waals surface area (Å²) in [7, 11) is 0. The molecule has 0 bridgehead atoms. The molecule has 1 fully saturated rings. The van der Waals surface area contributed by atoms with E-state index in [0.717, 1.165) is 18.7 Å². The van der Waals surface area contributed by atoms with Gasteiger partial charge in [-0.15, -0.1) is 0 Å². The third kappa shape index (κ3) is 1.83. The minimum absolute atomic E-state index is 0.456. The van der Waals surface area contributed by atoms with Gasteiger partial charge in [0.1, 0.15) is 5.54 Å². The molecule has 1 heterocycles. The van der Waals surface area contributed by atoms with Crippen LogP contribution in [0.3, 0.4) is 0 Å². The first kappa shape index (κ1) is 11.2. The number of rotatable bonds is 2. The van der Waals surface area contributed by atoms with Crippen LogP contribution in [-0.2, 0) is 5.54 Å². The van der Waals surface area contributed by atoms with Gasteiger partial charge >= 0.3 is 0 Å². The van der Waals surface area contributed by atoms with Gasteiger partial charge in [-0.3, -0.25) is 4.90 Å². The van der Waals surface area contributed by atoms with Crippen LogP contribution in [0.15, 0.2) is 24.3 Å². The van der Waals surface area contributed by atoms with Gasteiger partial charge in [-0.1, -0.05) is 29.8 Å². The van der Waals surface area contributed by atoms with E-state index >= 15 is 0 Å². The first-order valence-electron chi connectivity index (χ1n) is 5.90. The zero-order chi connectivity index (χ0) is 11.6. The maximum Gasteiger partial charge on any atom is 0.131 e. The van der Waals surface area contributed by atoms with E-state index in [1.165, 1.54) is 18.4 Å². The van der Waals surface area contributed by atoms with Crippen molar-refractivity contribution in [3.05, 3.63) is 35.4 Å². The Morgan fingerprint density at radius 3 is 2.56 bits per heavy atom. The van der Waals surface area contributed by atoms with Crippen LogP contribution in [0.25, 0.3) is 0 Å². The van der Waals surface area contributed by atoms with Gasteiger partial charge in [-0.25, -0.2) is 0 Å². The molecule has 0 aliphatic carbocycles. The largest absolute Gasteiger partial charge is 0.282 e. The zero-order valence-corrected chi connectivity index (χ0v) is 10.0. The third-order valence-corrected chi connectivity index (χ3v) is 3.54. The monoisotopic (exact) mass is 214 g/mol. The lowest BCUT2D eigenvalue weighted by Gasteiger charge is -2.33. The van der Waals surface area contributed by atoms with Crippen molar-refractivity contribution < 1.29 is 0 Å². The van der Waals surface area contributed by atoms with E-state index in [4.69, 9.17) is 0 Å². The molecule has 0 spiro atoms. The molecule has 1 atom stereocenters. The van der Waals surface area contributed by atoms with Crippen molar-refractivity contribution in [2.45, 2.75) is 32.2 Å². The standard InChI is InChI=1S/C14H18N2/c1-12-6-5-7-13(10-12)14(2,11-15)16-8-3-4-9-16/h5-7,10H,3-4,8-9H2,1-2H3. The highest BCUT2D eigenvalue weighted by Crippen LogP contribution is 2.31.